The number of benzene rings is 3. The predicted octanol–water partition coefficient (Wildman–Crippen LogP) is 5.65. The minimum absolute atomic E-state index is 1.03. The molecule has 1 aliphatic rings. The lowest BCUT2D eigenvalue weighted by Crippen LogP contribution is -2.47. The highest BCUT2D eigenvalue weighted by atomic mass is 15.3. The highest BCUT2D eigenvalue weighted by Gasteiger charge is 2.18. The van der Waals surface area contributed by atoms with Crippen molar-refractivity contribution in [1.29, 1.82) is 0 Å². The first kappa shape index (κ1) is 20.5. The van der Waals surface area contributed by atoms with Crippen LogP contribution in [0.25, 0.3) is 0 Å². The first-order valence-corrected chi connectivity index (χ1v) is 11.1. The van der Waals surface area contributed by atoms with E-state index >= 15 is 0 Å². The quantitative estimate of drug-likeness (QED) is 0.508. The average molecular weight is 400 g/mol. The Bertz CT molecular complexity index is 876. The van der Waals surface area contributed by atoms with Gasteiger partial charge in [-0.1, -0.05) is 42.5 Å². The van der Waals surface area contributed by atoms with Gasteiger partial charge < -0.3 is 9.80 Å². The van der Waals surface area contributed by atoms with Crippen LogP contribution in [-0.4, -0.2) is 44.2 Å². The second-order valence-electron chi connectivity index (χ2n) is 8.27. The lowest BCUT2D eigenvalue weighted by atomic mass is 10.1. The molecule has 0 amide bonds. The molecule has 3 heteroatoms. The van der Waals surface area contributed by atoms with Gasteiger partial charge in [0.05, 0.1) is 0 Å². The molecule has 156 valence electrons. The van der Waals surface area contributed by atoms with E-state index in [-0.39, 0.29) is 0 Å². The molecule has 0 atom stereocenters. The molecule has 3 nitrogen and oxygen atoms in total. The zero-order chi connectivity index (χ0) is 20.8. The van der Waals surface area contributed by atoms with Gasteiger partial charge in [0.2, 0.25) is 0 Å². The summed E-state index contributed by atoms with van der Waals surface area (Å²) in [6.07, 6.45) is 1.16. The fourth-order valence-corrected chi connectivity index (χ4v) is 4.23. The lowest BCUT2D eigenvalue weighted by Gasteiger charge is -2.36. The van der Waals surface area contributed by atoms with Crippen molar-refractivity contribution in [2.24, 2.45) is 0 Å². The molecule has 1 fully saturated rings. The van der Waals surface area contributed by atoms with E-state index in [4.69, 9.17) is 0 Å². The van der Waals surface area contributed by atoms with E-state index in [0.717, 1.165) is 45.7 Å². The first-order chi connectivity index (χ1) is 14.7. The van der Waals surface area contributed by atoms with Crippen LogP contribution in [0.1, 0.15) is 17.5 Å². The van der Waals surface area contributed by atoms with Gasteiger partial charge >= 0.3 is 0 Å². The van der Waals surface area contributed by atoms with Crippen molar-refractivity contribution in [2.45, 2.75) is 20.3 Å². The Balaban J connectivity index is 1.31. The van der Waals surface area contributed by atoms with Gasteiger partial charge in [-0.2, -0.15) is 0 Å². The van der Waals surface area contributed by atoms with Crippen LogP contribution in [0.15, 0.2) is 78.9 Å². The second-order valence-corrected chi connectivity index (χ2v) is 8.27. The number of nitrogens with zero attached hydrogens (tertiary/aromatic N) is 3. The summed E-state index contributed by atoms with van der Waals surface area (Å²) in [5, 5.41) is 0. The minimum Gasteiger partial charge on any atom is -0.369 e. The number of rotatable bonds is 7. The monoisotopic (exact) mass is 399 g/mol. The summed E-state index contributed by atoms with van der Waals surface area (Å²) in [4.78, 5) is 7.58. The van der Waals surface area contributed by atoms with Crippen molar-refractivity contribution < 1.29 is 0 Å². The van der Waals surface area contributed by atoms with E-state index in [1.165, 1.54) is 28.2 Å². The summed E-state index contributed by atoms with van der Waals surface area (Å²) < 4.78 is 0. The molecule has 3 aromatic rings. The molecule has 30 heavy (non-hydrogen) atoms. The summed E-state index contributed by atoms with van der Waals surface area (Å²) in [7, 11) is 0. The van der Waals surface area contributed by atoms with E-state index in [1.54, 1.807) is 0 Å². The standard InChI is InChI=1S/C27H33N3/c1-23-14-15-27(22-24(23)2)29-20-18-28(19-21-29)16-9-17-30(25-10-5-3-6-11-25)26-12-7-4-8-13-26/h3-8,10-15,22H,9,16-21H2,1-2H3. The Hall–Kier alpha value is -2.78. The van der Waals surface area contributed by atoms with Crippen LogP contribution in [0.4, 0.5) is 17.1 Å². The summed E-state index contributed by atoms with van der Waals surface area (Å²) in [5.74, 6) is 0. The topological polar surface area (TPSA) is 9.72 Å². The summed E-state index contributed by atoms with van der Waals surface area (Å²) >= 11 is 0. The van der Waals surface area contributed by atoms with Gasteiger partial charge in [-0.25, -0.2) is 0 Å². The maximum atomic E-state index is 2.62. The van der Waals surface area contributed by atoms with Gasteiger partial charge in [0.25, 0.3) is 0 Å². The third-order valence-electron chi connectivity index (χ3n) is 6.22. The predicted molar refractivity (Wildman–Crippen MR) is 129 cm³/mol. The molecule has 0 unspecified atom stereocenters. The van der Waals surface area contributed by atoms with Crippen LogP contribution in [0.5, 0.6) is 0 Å². The number of para-hydroxylation sites is 2. The molecule has 0 spiro atoms. The zero-order valence-electron chi connectivity index (χ0n) is 18.3. The summed E-state index contributed by atoms with van der Waals surface area (Å²) in [6.45, 7) is 11.1. The second kappa shape index (κ2) is 9.82. The van der Waals surface area contributed by atoms with Crippen LogP contribution in [0.2, 0.25) is 0 Å². The Labute approximate surface area is 181 Å². The minimum atomic E-state index is 1.03. The molecular formula is C27H33N3. The normalized spacial score (nSPS) is 14.7. The Morgan fingerprint density at radius 1 is 0.700 bits per heavy atom. The van der Waals surface area contributed by atoms with Crippen molar-refractivity contribution in [3.63, 3.8) is 0 Å². The fourth-order valence-electron chi connectivity index (χ4n) is 4.23. The molecule has 1 aliphatic heterocycles. The number of hydrogen-bond acceptors (Lipinski definition) is 3. The summed E-state index contributed by atoms with van der Waals surface area (Å²) in [5.41, 5.74) is 6.67. The fraction of sp³-hybridized carbons (Fsp3) is 0.333. The van der Waals surface area contributed by atoms with E-state index < -0.39 is 0 Å². The molecule has 4 rings (SSSR count). The van der Waals surface area contributed by atoms with Crippen molar-refractivity contribution in [3.05, 3.63) is 90.0 Å². The van der Waals surface area contributed by atoms with Gasteiger partial charge in [0, 0.05) is 49.8 Å². The molecule has 1 heterocycles. The number of anilines is 3. The van der Waals surface area contributed by atoms with Gasteiger partial charge in [0.15, 0.2) is 0 Å². The number of piperazine rings is 1. The Kier molecular flexibility index (Phi) is 6.70. The molecular weight excluding hydrogens is 366 g/mol. The molecule has 0 N–H and O–H groups in total. The molecule has 0 aliphatic carbocycles. The van der Waals surface area contributed by atoms with Crippen molar-refractivity contribution in [2.75, 3.05) is 49.1 Å². The van der Waals surface area contributed by atoms with Crippen LogP contribution in [0, 0.1) is 13.8 Å². The Morgan fingerprint density at radius 2 is 1.30 bits per heavy atom. The maximum absolute atomic E-state index is 2.62. The van der Waals surface area contributed by atoms with E-state index in [1.807, 2.05) is 0 Å². The van der Waals surface area contributed by atoms with E-state index in [0.29, 0.717) is 0 Å². The molecule has 0 aromatic heterocycles. The summed E-state index contributed by atoms with van der Waals surface area (Å²) in [6, 6.07) is 28.3. The third kappa shape index (κ3) is 5.03. The largest absolute Gasteiger partial charge is 0.369 e. The number of aryl methyl sites for hydroxylation is 2. The molecule has 3 aromatic carbocycles. The van der Waals surface area contributed by atoms with Crippen LogP contribution < -0.4 is 9.80 Å². The van der Waals surface area contributed by atoms with Gasteiger partial charge in [-0.3, -0.25) is 4.90 Å². The third-order valence-corrected chi connectivity index (χ3v) is 6.22. The SMILES string of the molecule is Cc1ccc(N2CCN(CCCN(c3ccccc3)c3ccccc3)CC2)cc1C. The van der Waals surface area contributed by atoms with Crippen molar-refractivity contribution >= 4 is 17.1 Å². The molecule has 0 radical (unpaired) electrons. The smallest absolute Gasteiger partial charge is 0.0410 e. The molecule has 1 saturated heterocycles. The van der Waals surface area contributed by atoms with Crippen LogP contribution in [0.3, 0.4) is 0 Å². The first-order valence-electron chi connectivity index (χ1n) is 11.1. The highest BCUT2D eigenvalue weighted by molar-refractivity contribution is 5.62. The Morgan fingerprint density at radius 3 is 1.87 bits per heavy atom. The van der Waals surface area contributed by atoms with Crippen LogP contribution in [-0.2, 0) is 0 Å². The molecule has 0 bridgehead atoms. The van der Waals surface area contributed by atoms with Gasteiger partial charge in [-0.15, -0.1) is 0 Å². The molecule has 0 saturated carbocycles. The van der Waals surface area contributed by atoms with Gasteiger partial charge in [0.1, 0.15) is 0 Å². The van der Waals surface area contributed by atoms with Crippen molar-refractivity contribution in [3.8, 4) is 0 Å². The van der Waals surface area contributed by atoms with Crippen molar-refractivity contribution in [1.82, 2.24) is 4.90 Å². The zero-order valence-corrected chi connectivity index (χ0v) is 18.3. The number of hydrogen-bond donors (Lipinski definition) is 0. The highest BCUT2D eigenvalue weighted by Crippen LogP contribution is 2.25. The van der Waals surface area contributed by atoms with E-state index in [9.17, 15) is 0 Å². The maximum Gasteiger partial charge on any atom is 0.0410 e. The van der Waals surface area contributed by atoms with Crippen LogP contribution >= 0.6 is 0 Å². The van der Waals surface area contributed by atoms with Gasteiger partial charge in [-0.05, 0) is 74.3 Å². The average Bonchev–Trinajstić information content (AvgIpc) is 2.80. The lowest BCUT2D eigenvalue weighted by molar-refractivity contribution is 0.256. The van der Waals surface area contributed by atoms with E-state index in [2.05, 4.69) is 107 Å².